The summed E-state index contributed by atoms with van der Waals surface area (Å²) in [5, 5.41) is 12.8. The van der Waals surface area contributed by atoms with E-state index >= 15 is 0 Å². The fourth-order valence-electron chi connectivity index (χ4n) is 6.36. The molecule has 0 radical (unpaired) electrons. The topological polar surface area (TPSA) is 32.6 Å². The molecule has 3 heteroatoms. The fraction of sp³-hybridized carbons (Fsp3) is 0.909. The van der Waals surface area contributed by atoms with E-state index in [2.05, 4.69) is 21.1 Å². The van der Waals surface area contributed by atoms with Crippen LogP contribution in [0.4, 0.5) is 0 Å². The van der Waals surface area contributed by atoms with Gasteiger partial charge in [0.05, 0.1) is 5.71 Å². The quantitative estimate of drug-likeness (QED) is 0.400. The summed E-state index contributed by atoms with van der Waals surface area (Å²) in [4.78, 5) is 0.752. The number of hydrogen-bond acceptors (Lipinski definition) is 2. The highest BCUT2D eigenvalue weighted by atomic mass is 79.9. The Morgan fingerprint density at radius 1 is 1.07 bits per heavy atom. The molecule has 1 N–H and O–H groups in total. The van der Waals surface area contributed by atoms with Crippen molar-refractivity contribution in [3.8, 4) is 0 Å². The molecule has 6 saturated carbocycles. The van der Waals surface area contributed by atoms with Gasteiger partial charge in [-0.3, -0.25) is 0 Å². The molecular formula is C11H12BrNO. The molecule has 2 nitrogen and oxygen atoms in total. The molecule has 6 rings (SSSR count). The predicted octanol–water partition coefficient (Wildman–Crippen LogP) is 1.97. The van der Waals surface area contributed by atoms with E-state index in [1.807, 2.05) is 0 Å². The monoisotopic (exact) mass is 253 g/mol. The minimum absolute atomic E-state index is 0.674. The van der Waals surface area contributed by atoms with Gasteiger partial charge < -0.3 is 5.21 Å². The van der Waals surface area contributed by atoms with Crippen LogP contribution >= 0.6 is 15.9 Å². The van der Waals surface area contributed by atoms with E-state index in [1.165, 1.54) is 12.1 Å². The Kier molecular flexibility index (Phi) is 0.940. The van der Waals surface area contributed by atoms with Gasteiger partial charge in [0.15, 0.2) is 0 Å². The minimum Gasteiger partial charge on any atom is -0.411 e. The van der Waals surface area contributed by atoms with Crippen LogP contribution in [0, 0.1) is 47.3 Å². The summed E-state index contributed by atoms with van der Waals surface area (Å²) in [7, 11) is 0. The first-order valence-electron chi connectivity index (χ1n) is 5.70. The summed E-state index contributed by atoms with van der Waals surface area (Å²) in [5.41, 5.74) is 1.20. The van der Waals surface area contributed by atoms with E-state index in [0.29, 0.717) is 11.8 Å². The third-order valence-electron chi connectivity index (χ3n) is 6.16. The lowest BCUT2D eigenvalue weighted by Crippen LogP contribution is -2.30. The maximum Gasteiger partial charge on any atom is 0.0644 e. The highest BCUT2D eigenvalue weighted by molar-refractivity contribution is 9.09. The number of nitrogens with zero attached hydrogens (tertiary/aromatic N) is 1. The molecule has 0 amide bonds. The van der Waals surface area contributed by atoms with Gasteiger partial charge in [0.2, 0.25) is 0 Å². The molecule has 0 spiro atoms. The van der Waals surface area contributed by atoms with Gasteiger partial charge in [-0.1, -0.05) is 21.1 Å². The first-order chi connectivity index (χ1) is 6.84. The second-order valence-corrected chi connectivity index (χ2v) is 6.95. The van der Waals surface area contributed by atoms with Crippen LogP contribution in [0.1, 0.15) is 6.42 Å². The maximum atomic E-state index is 9.14. The summed E-state index contributed by atoms with van der Waals surface area (Å²) in [6.45, 7) is 0. The molecule has 0 aromatic heterocycles. The molecule has 6 aliphatic carbocycles. The van der Waals surface area contributed by atoms with Crippen molar-refractivity contribution in [2.45, 2.75) is 11.2 Å². The standard InChI is InChI=1S/C11H12BrNO/c12-10-6-2-1-3-4(6)9-8(10)5(2)7(3)11(9)13-14/h2-10,14H,1H2/b13-11-/t2-,3+,4+,5-,6-,7-,8-,9+,10+/m0/s1. The highest BCUT2D eigenvalue weighted by Gasteiger charge is 2.82. The second-order valence-electron chi connectivity index (χ2n) is 5.89. The Balaban J connectivity index is 1.85. The van der Waals surface area contributed by atoms with E-state index in [9.17, 15) is 0 Å². The molecule has 6 bridgehead atoms. The van der Waals surface area contributed by atoms with Crippen LogP contribution in [-0.2, 0) is 0 Å². The zero-order chi connectivity index (χ0) is 9.19. The average Bonchev–Trinajstić information content (AvgIpc) is 2.85. The van der Waals surface area contributed by atoms with E-state index in [0.717, 1.165) is 40.3 Å². The van der Waals surface area contributed by atoms with Crippen LogP contribution in [0.5, 0.6) is 0 Å². The van der Waals surface area contributed by atoms with Gasteiger partial charge in [-0.2, -0.15) is 0 Å². The second kappa shape index (κ2) is 1.81. The van der Waals surface area contributed by atoms with Crippen LogP contribution in [0.2, 0.25) is 0 Å². The predicted molar refractivity (Wildman–Crippen MR) is 54.5 cm³/mol. The summed E-state index contributed by atoms with van der Waals surface area (Å²) in [6.07, 6.45) is 1.44. The lowest BCUT2D eigenvalue weighted by Gasteiger charge is -2.32. The van der Waals surface area contributed by atoms with Crippen molar-refractivity contribution in [3.63, 3.8) is 0 Å². The fourth-order valence-corrected chi connectivity index (χ4v) is 7.79. The largest absolute Gasteiger partial charge is 0.411 e. The van der Waals surface area contributed by atoms with Gasteiger partial charge in [-0.25, -0.2) is 0 Å². The molecule has 9 atom stereocenters. The summed E-state index contributed by atoms with van der Waals surface area (Å²) in [5.74, 6) is 6.84. The Morgan fingerprint density at radius 3 is 2.57 bits per heavy atom. The third-order valence-corrected chi connectivity index (χ3v) is 7.38. The van der Waals surface area contributed by atoms with Crippen molar-refractivity contribution in [2.24, 2.45) is 52.5 Å². The minimum atomic E-state index is 0.674. The van der Waals surface area contributed by atoms with Crippen LogP contribution in [-0.4, -0.2) is 15.7 Å². The van der Waals surface area contributed by atoms with Gasteiger partial charge in [-0.15, -0.1) is 0 Å². The van der Waals surface area contributed by atoms with Gasteiger partial charge in [-0.05, 0) is 41.9 Å². The average molecular weight is 254 g/mol. The maximum absolute atomic E-state index is 9.14. The van der Waals surface area contributed by atoms with E-state index in [1.54, 1.807) is 0 Å². The first-order valence-corrected chi connectivity index (χ1v) is 6.62. The molecule has 6 fully saturated rings. The zero-order valence-electron chi connectivity index (χ0n) is 7.68. The van der Waals surface area contributed by atoms with Crippen LogP contribution in [0.25, 0.3) is 0 Å². The van der Waals surface area contributed by atoms with Crippen molar-refractivity contribution in [2.75, 3.05) is 0 Å². The number of hydrogen-bond donors (Lipinski definition) is 1. The van der Waals surface area contributed by atoms with Crippen molar-refractivity contribution in [1.82, 2.24) is 0 Å². The van der Waals surface area contributed by atoms with E-state index in [4.69, 9.17) is 5.21 Å². The van der Waals surface area contributed by atoms with Gasteiger partial charge in [0.1, 0.15) is 0 Å². The Morgan fingerprint density at radius 2 is 1.86 bits per heavy atom. The zero-order valence-corrected chi connectivity index (χ0v) is 9.26. The lowest BCUT2D eigenvalue weighted by molar-refractivity contribution is 0.132. The van der Waals surface area contributed by atoms with Crippen molar-refractivity contribution < 1.29 is 5.21 Å². The molecule has 0 heterocycles. The van der Waals surface area contributed by atoms with E-state index < -0.39 is 0 Å². The molecule has 0 aromatic carbocycles. The lowest BCUT2D eigenvalue weighted by atomic mass is 9.71. The number of halogens is 1. The van der Waals surface area contributed by atoms with Crippen LogP contribution < -0.4 is 0 Å². The third kappa shape index (κ3) is 0.427. The smallest absolute Gasteiger partial charge is 0.0644 e. The summed E-state index contributed by atoms with van der Waals surface area (Å²) < 4.78 is 0. The molecular weight excluding hydrogens is 242 g/mol. The number of rotatable bonds is 0. The molecule has 74 valence electrons. The summed E-state index contributed by atoms with van der Waals surface area (Å²) >= 11 is 3.91. The first kappa shape index (κ1) is 7.26. The Hall–Kier alpha value is -0.0500. The normalized spacial score (nSPS) is 77.8. The van der Waals surface area contributed by atoms with Crippen molar-refractivity contribution >= 4 is 21.6 Å². The van der Waals surface area contributed by atoms with Crippen LogP contribution in [0.15, 0.2) is 5.16 Å². The SMILES string of the molecule is O/N=C1/[C@H]2[C@@H]3C[C@@H]4[C@@H]5[C@@H](Br)[C@H]([C@H]1[C@H]35)[C@@H]42. The number of alkyl halides is 1. The summed E-state index contributed by atoms with van der Waals surface area (Å²) in [6, 6.07) is 0. The Bertz CT molecular complexity index is 379. The molecule has 0 saturated heterocycles. The van der Waals surface area contributed by atoms with Gasteiger partial charge >= 0.3 is 0 Å². The molecule has 0 aliphatic heterocycles. The molecule has 0 aromatic rings. The number of oxime groups is 1. The van der Waals surface area contributed by atoms with E-state index in [-0.39, 0.29) is 0 Å². The molecule has 14 heavy (non-hydrogen) atoms. The molecule has 6 aliphatic rings. The highest BCUT2D eigenvalue weighted by Crippen LogP contribution is 2.82. The van der Waals surface area contributed by atoms with Gasteiger partial charge in [0.25, 0.3) is 0 Å². The van der Waals surface area contributed by atoms with Gasteiger partial charge in [0, 0.05) is 16.7 Å². The van der Waals surface area contributed by atoms with Crippen molar-refractivity contribution in [3.05, 3.63) is 0 Å². The molecule has 0 unspecified atom stereocenters. The van der Waals surface area contributed by atoms with Crippen LogP contribution in [0.3, 0.4) is 0 Å². The Labute approximate surface area is 90.9 Å². The van der Waals surface area contributed by atoms with Crippen molar-refractivity contribution in [1.29, 1.82) is 0 Å².